The number of phenols is 2. The van der Waals surface area contributed by atoms with Crippen molar-refractivity contribution in [2.24, 2.45) is 0 Å². The summed E-state index contributed by atoms with van der Waals surface area (Å²) >= 11 is 0. The molecule has 0 aliphatic carbocycles. The minimum atomic E-state index is -0.0556. The Balaban J connectivity index is 1.77. The van der Waals surface area contributed by atoms with Gasteiger partial charge in [-0.05, 0) is 57.9 Å². The van der Waals surface area contributed by atoms with Crippen molar-refractivity contribution < 1.29 is 15.0 Å². The number of phenolic OH excluding ortho intramolecular Hbond substituents is 2. The van der Waals surface area contributed by atoms with Gasteiger partial charge in [-0.1, -0.05) is 36.4 Å². The van der Waals surface area contributed by atoms with Gasteiger partial charge in [0.2, 0.25) is 0 Å². The van der Waals surface area contributed by atoms with E-state index in [2.05, 4.69) is 0 Å². The smallest absolute Gasteiger partial charge is 0.193 e. The number of rotatable bonds is 2. The average molecular weight is 314 g/mol. The van der Waals surface area contributed by atoms with Gasteiger partial charge in [0.05, 0.1) is 0 Å². The van der Waals surface area contributed by atoms with E-state index in [0.29, 0.717) is 11.1 Å². The fourth-order valence-electron chi connectivity index (χ4n) is 2.92. The van der Waals surface area contributed by atoms with Gasteiger partial charge in [-0.25, -0.2) is 0 Å². The van der Waals surface area contributed by atoms with Crippen molar-refractivity contribution >= 4 is 27.3 Å². The van der Waals surface area contributed by atoms with E-state index < -0.39 is 0 Å². The Kier molecular flexibility index (Phi) is 3.21. The van der Waals surface area contributed by atoms with Crippen molar-refractivity contribution in [1.29, 1.82) is 0 Å². The van der Waals surface area contributed by atoms with Crippen LogP contribution in [0.1, 0.15) is 15.9 Å². The van der Waals surface area contributed by atoms with Gasteiger partial charge in [0.15, 0.2) is 5.78 Å². The highest BCUT2D eigenvalue weighted by molar-refractivity contribution is 6.12. The molecule has 0 saturated carbocycles. The molecule has 24 heavy (non-hydrogen) atoms. The van der Waals surface area contributed by atoms with Crippen molar-refractivity contribution in [2.45, 2.75) is 0 Å². The average Bonchev–Trinajstić information content (AvgIpc) is 2.60. The topological polar surface area (TPSA) is 57.5 Å². The van der Waals surface area contributed by atoms with E-state index in [1.807, 2.05) is 24.3 Å². The Morgan fingerprint density at radius 2 is 0.917 bits per heavy atom. The minimum absolute atomic E-state index is 0.0556. The second-order valence-electron chi connectivity index (χ2n) is 5.82. The maximum atomic E-state index is 12.8. The van der Waals surface area contributed by atoms with Crippen molar-refractivity contribution in [3.05, 3.63) is 83.9 Å². The van der Waals surface area contributed by atoms with Gasteiger partial charge >= 0.3 is 0 Å². The van der Waals surface area contributed by atoms with E-state index in [-0.39, 0.29) is 17.3 Å². The van der Waals surface area contributed by atoms with E-state index in [9.17, 15) is 15.0 Å². The summed E-state index contributed by atoms with van der Waals surface area (Å²) in [5, 5.41) is 22.6. The SMILES string of the molecule is O=C(c1ccc2cc(O)ccc2c1)c1ccc2cc(O)ccc2c1. The van der Waals surface area contributed by atoms with Crippen LogP contribution in [0.15, 0.2) is 72.8 Å². The molecule has 3 heteroatoms. The van der Waals surface area contributed by atoms with Crippen LogP contribution in [-0.2, 0) is 0 Å². The lowest BCUT2D eigenvalue weighted by molar-refractivity contribution is 0.103. The summed E-state index contributed by atoms with van der Waals surface area (Å²) in [5.74, 6) is 0.360. The number of aromatic hydroxyl groups is 2. The number of ketones is 1. The number of carbonyl (C=O) groups excluding carboxylic acids is 1. The van der Waals surface area contributed by atoms with Crippen LogP contribution in [0, 0.1) is 0 Å². The van der Waals surface area contributed by atoms with E-state index in [1.54, 1.807) is 48.5 Å². The first-order valence-corrected chi connectivity index (χ1v) is 7.60. The van der Waals surface area contributed by atoms with Crippen LogP contribution in [0.25, 0.3) is 21.5 Å². The van der Waals surface area contributed by atoms with Gasteiger partial charge < -0.3 is 10.2 Å². The van der Waals surface area contributed by atoms with Crippen LogP contribution < -0.4 is 0 Å². The minimum Gasteiger partial charge on any atom is -0.508 e. The monoisotopic (exact) mass is 314 g/mol. The predicted octanol–water partition coefficient (Wildman–Crippen LogP) is 4.64. The number of hydrogen-bond donors (Lipinski definition) is 2. The summed E-state index contributed by atoms with van der Waals surface area (Å²) in [5.41, 5.74) is 1.21. The number of carbonyl (C=O) groups is 1. The van der Waals surface area contributed by atoms with Crippen molar-refractivity contribution in [3.8, 4) is 11.5 Å². The molecule has 0 fully saturated rings. The third-order valence-corrected chi connectivity index (χ3v) is 4.17. The summed E-state index contributed by atoms with van der Waals surface area (Å²) in [4.78, 5) is 12.8. The molecule has 0 bridgehead atoms. The van der Waals surface area contributed by atoms with Gasteiger partial charge in [0, 0.05) is 11.1 Å². The molecule has 4 aromatic rings. The maximum absolute atomic E-state index is 12.8. The zero-order valence-corrected chi connectivity index (χ0v) is 12.7. The normalized spacial score (nSPS) is 11.0. The van der Waals surface area contributed by atoms with Crippen molar-refractivity contribution in [3.63, 3.8) is 0 Å². The largest absolute Gasteiger partial charge is 0.508 e. The molecule has 0 aliphatic rings. The van der Waals surface area contributed by atoms with Crippen molar-refractivity contribution in [1.82, 2.24) is 0 Å². The summed E-state index contributed by atoms with van der Waals surface area (Å²) in [6.07, 6.45) is 0. The number of hydrogen-bond acceptors (Lipinski definition) is 3. The molecule has 0 heterocycles. The standard InChI is InChI=1S/C21H14O3/c22-19-7-5-13-9-17(3-1-15(13)11-19)21(24)18-4-2-16-12-20(23)8-6-14(16)10-18/h1-12,22-23H. The lowest BCUT2D eigenvalue weighted by atomic mass is 9.98. The van der Waals surface area contributed by atoms with Gasteiger partial charge in [-0.15, -0.1) is 0 Å². The highest BCUT2D eigenvalue weighted by atomic mass is 16.3. The zero-order valence-electron chi connectivity index (χ0n) is 12.7. The third kappa shape index (κ3) is 2.46. The molecule has 0 atom stereocenters. The Morgan fingerprint density at radius 1 is 0.542 bits per heavy atom. The van der Waals surface area contributed by atoms with Crippen LogP contribution in [0.4, 0.5) is 0 Å². The molecule has 0 aromatic heterocycles. The summed E-state index contributed by atoms with van der Waals surface area (Å²) < 4.78 is 0. The first kappa shape index (κ1) is 14.3. The molecule has 0 spiro atoms. The molecule has 4 aromatic carbocycles. The van der Waals surface area contributed by atoms with Crippen LogP contribution in [0.2, 0.25) is 0 Å². The van der Waals surface area contributed by atoms with E-state index in [1.165, 1.54) is 0 Å². The second kappa shape index (κ2) is 5.39. The lowest BCUT2D eigenvalue weighted by Crippen LogP contribution is -2.01. The highest BCUT2D eigenvalue weighted by Gasteiger charge is 2.11. The third-order valence-electron chi connectivity index (χ3n) is 4.17. The van der Waals surface area contributed by atoms with Crippen LogP contribution in [0.5, 0.6) is 11.5 Å². The molecule has 2 N–H and O–H groups in total. The molecular formula is C21H14O3. The summed E-state index contributed by atoms with van der Waals surface area (Å²) in [7, 11) is 0. The molecular weight excluding hydrogens is 300 g/mol. The number of benzene rings is 4. The van der Waals surface area contributed by atoms with Gasteiger partial charge in [-0.2, -0.15) is 0 Å². The Hall–Kier alpha value is -3.33. The molecule has 3 nitrogen and oxygen atoms in total. The van der Waals surface area contributed by atoms with Gasteiger partial charge in [0.25, 0.3) is 0 Å². The molecule has 0 saturated heterocycles. The van der Waals surface area contributed by atoms with E-state index in [4.69, 9.17) is 0 Å². The first-order valence-electron chi connectivity index (χ1n) is 7.60. The van der Waals surface area contributed by atoms with Crippen LogP contribution >= 0.6 is 0 Å². The second-order valence-corrected chi connectivity index (χ2v) is 5.82. The summed E-state index contributed by atoms with van der Waals surface area (Å²) in [6.45, 7) is 0. The Labute approximate surface area is 138 Å². The zero-order chi connectivity index (χ0) is 16.7. The molecule has 0 aliphatic heterocycles. The quantitative estimate of drug-likeness (QED) is 0.530. The molecule has 0 radical (unpaired) electrons. The predicted molar refractivity (Wildman–Crippen MR) is 94.7 cm³/mol. The van der Waals surface area contributed by atoms with Gasteiger partial charge in [0.1, 0.15) is 11.5 Å². The Morgan fingerprint density at radius 3 is 1.38 bits per heavy atom. The van der Waals surface area contributed by atoms with Crippen molar-refractivity contribution in [2.75, 3.05) is 0 Å². The maximum Gasteiger partial charge on any atom is 0.193 e. The fraction of sp³-hybridized carbons (Fsp3) is 0. The molecule has 0 amide bonds. The van der Waals surface area contributed by atoms with Crippen LogP contribution in [0.3, 0.4) is 0 Å². The summed E-state index contributed by atoms with van der Waals surface area (Å²) in [6, 6.07) is 21.0. The fourth-order valence-corrected chi connectivity index (χ4v) is 2.92. The molecule has 4 rings (SSSR count). The number of fused-ring (bicyclic) bond motifs is 2. The first-order chi connectivity index (χ1) is 11.6. The molecule has 116 valence electrons. The molecule has 0 unspecified atom stereocenters. The Bertz CT molecular complexity index is 1010. The van der Waals surface area contributed by atoms with Crippen LogP contribution in [-0.4, -0.2) is 16.0 Å². The van der Waals surface area contributed by atoms with E-state index >= 15 is 0 Å². The lowest BCUT2D eigenvalue weighted by Gasteiger charge is -2.06. The van der Waals surface area contributed by atoms with Gasteiger partial charge in [-0.3, -0.25) is 4.79 Å². The van der Waals surface area contributed by atoms with E-state index in [0.717, 1.165) is 21.5 Å². The highest BCUT2D eigenvalue weighted by Crippen LogP contribution is 2.25.